The lowest BCUT2D eigenvalue weighted by Gasteiger charge is -2.07. The number of nitrogens with one attached hydrogen (secondary N) is 1. The Morgan fingerprint density at radius 1 is 1.12 bits per heavy atom. The summed E-state index contributed by atoms with van der Waals surface area (Å²) in [6.07, 6.45) is 1.65. The molecule has 3 aromatic rings. The van der Waals surface area contributed by atoms with E-state index < -0.39 is 11.6 Å². The van der Waals surface area contributed by atoms with Crippen molar-refractivity contribution in [1.82, 2.24) is 14.8 Å². The van der Waals surface area contributed by atoms with E-state index in [0.29, 0.717) is 22.8 Å². The molecule has 0 unspecified atom stereocenters. The number of pyridine rings is 1. The summed E-state index contributed by atoms with van der Waals surface area (Å²) in [4.78, 5) is 16.7. The first-order valence-electron chi connectivity index (χ1n) is 7.62. The van der Waals surface area contributed by atoms with Crippen molar-refractivity contribution >= 4 is 11.7 Å². The maximum absolute atomic E-state index is 14.0. The minimum absolute atomic E-state index is 0.0783. The summed E-state index contributed by atoms with van der Waals surface area (Å²) in [6, 6.07) is 6.74. The van der Waals surface area contributed by atoms with Crippen LogP contribution in [0.4, 0.5) is 14.6 Å². The Balaban J connectivity index is 1.96. The molecule has 1 aromatic carbocycles. The summed E-state index contributed by atoms with van der Waals surface area (Å²) in [5.74, 6) is -1.40. The number of nitrogens with zero attached hydrogens (tertiary/aromatic N) is 3. The molecule has 0 fully saturated rings. The number of rotatable bonds is 3. The van der Waals surface area contributed by atoms with Gasteiger partial charge in [-0.25, -0.2) is 18.4 Å². The van der Waals surface area contributed by atoms with E-state index in [1.54, 1.807) is 26.1 Å². The Labute approximate surface area is 143 Å². The lowest BCUT2D eigenvalue weighted by atomic mass is 10.2. The van der Waals surface area contributed by atoms with Crippen LogP contribution in [0, 0.1) is 32.4 Å². The Bertz CT molecular complexity index is 948. The first-order valence-corrected chi connectivity index (χ1v) is 7.62. The van der Waals surface area contributed by atoms with Gasteiger partial charge >= 0.3 is 0 Å². The number of halogens is 2. The van der Waals surface area contributed by atoms with E-state index in [-0.39, 0.29) is 11.6 Å². The zero-order valence-corrected chi connectivity index (χ0v) is 14.0. The highest BCUT2D eigenvalue weighted by Crippen LogP contribution is 2.21. The molecule has 25 heavy (non-hydrogen) atoms. The van der Waals surface area contributed by atoms with Crippen LogP contribution in [0.5, 0.6) is 0 Å². The molecule has 128 valence electrons. The SMILES string of the molecule is Cc1ccc(NC(=O)c2c(C)nn(-c3ccc(F)cc3F)c2C)nc1. The van der Waals surface area contributed by atoms with Crippen LogP contribution >= 0.6 is 0 Å². The van der Waals surface area contributed by atoms with E-state index in [0.717, 1.165) is 17.7 Å². The average molecular weight is 342 g/mol. The summed E-state index contributed by atoms with van der Waals surface area (Å²) in [5, 5.41) is 6.92. The molecule has 0 saturated heterocycles. The van der Waals surface area contributed by atoms with Crippen molar-refractivity contribution in [3.63, 3.8) is 0 Å². The predicted molar refractivity (Wildman–Crippen MR) is 89.9 cm³/mol. The highest BCUT2D eigenvalue weighted by atomic mass is 19.1. The minimum Gasteiger partial charge on any atom is -0.306 e. The van der Waals surface area contributed by atoms with Gasteiger partial charge in [0.05, 0.1) is 17.0 Å². The Morgan fingerprint density at radius 2 is 1.88 bits per heavy atom. The first kappa shape index (κ1) is 16.8. The average Bonchev–Trinajstić information content (AvgIpc) is 2.84. The second-order valence-electron chi connectivity index (χ2n) is 5.73. The van der Waals surface area contributed by atoms with Crippen molar-refractivity contribution in [3.05, 3.63) is 70.7 Å². The van der Waals surface area contributed by atoms with Crippen molar-refractivity contribution in [2.24, 2.45) is 0 Å². The standard InChI is InChI=1S/C18H16F2N4O/c1-10-4-7-16(21-9-10)22-18(25)17-11(2)23-24(12(17)3)15-6-5-13(19)8-14(15)20/h4-9H,1-3H3,(H,21,22,25). The van der Waals surface area contributed by atoms with E-state index in [9.17, 15) is 13.6 Å². The summed E-state index contributed by atoms with van der Waals surface area (Å²) in [7, 11) is 0. The van der Waals surface area contributed by atoms with Crippen molar-refractivity contribution in [1.29, 1.82) is 0 Å². The van der Waals surface area contributed by atoms with Crippen LogP contribution in [-0.2, 0) is 0 Å². The zero-order valence-electron chi connectivity index (χ0n) is 14.0. The van der Waals surface area contributed by atoms with Crippen LogP contribution in [-0.4, -0.2) is 20.7 Å². The molecular formula is C18H16F2N4O. The number of anilines is 1. The van der Waals surface area contributed by atoms with Crippen LogP contribution in [0.2, 0.25) is 0 Å². The Kier molecular flexibility index (Phi) is 4.31. The van der Waals surface area contributed by atoms with Crippen LogP contribution in [0.3, 0.4) is 0 Å². The van der Waals surface area contributed by atoms with Gasteiger partial charge in [0, 0.05) is 12.3 Å². The lowest BCUT2D eigenvalue weighted by molar-refractivity contribution is 0.102. The molecule has 0 spiro atoms. The molecule has 0 aliphatic rings. The molecule has 1 N–H and O–H groups in total. The smallest absolute Gasteiger partial charge is 0.260 e. The van der Waals surface area contributed by atoms with Crippen LogP contribution in [0.1, 0.15) is 27.3 Å². The summed E-state index contributed by atoms with van der Waals surface area (Å²) in [5.41, 5.74) is 2.27. The van der Waals surface area contributed by atoms with Crippen molar-refractivity contribution in [2.75, 3.05) is 5.32 Å². The minimum atomic E-state index is -0.752. The topological polar surface area (TPSA) is 59.8 Å². The fourth-order valence-electron chi connectivity index (χ4n) is 2.58. The summed E-state index contributed by atoms with van der Waals surface area (Å²) in [6.45, 7) is 5.21. The van der Waals surface area contributed by atoms with Gasteiger partial charge in [-0.15, -0.1) is 0 Å². The van der Waals surface area contributed by atoms with Gasteiger partial charge in [-0.2, -0.15) is 5.10 Å². The summed E-state index contributed by atoms with van der Waals surface area (Å²) >= 11 is 0. The van der Waals surface area contributed by atoms with E-state index in [4.69, 9.17) is 0 Å². The van der Waals surface area contributed by atoms with Crippen LogP contribution < -0.4 is 5.32 Å². The number of aromatic nitrogens is 3. The van der Waals surface area contributed by atoms with E-state index >= 15 is 0 Å². The quantitative estimate of drug-likeness (QED) is 0.789. The lowest BCUT2D eigenvalue weighted by Crippen LogP contribution is -2.15. The molecular weight excluding hydrogens is 326 g/mol. The van der Waals surface area contributed by atoms with Crippen molar-refractivity contribution in [3.8, 4) is 5.69 Å². The number of amides is 1. The number of aryl methyl sites for hydroxylation is 2. The van der Waals surface area contributed by atoms with Gasteiger partial charge < -0.3 is 5.32 Å². The highest BCUT2D eigenvalue weighted by molar-refractivity contribution is 6.05. The van der Waals surface area contributed by atoms with E-state index in [1.807, 2.05) is 13.0 Å². The van der Waals surface area contributed by atoms with Gasteiger partial charge in [-0.3, -0.25) is 4.79 Å². The van der Waals surface area contributed by atoms with Gasteiger partial charge in [0.1, 0.15) is 17.3 Å². The molecule has 0 aliphatic carbocycles. The molecule has 0 bridgehead atoms. The molecule has 0 aliphatic heterocycles. The molecule has 2 aromatic heterocycles. The van der Waals surface area contributed by atoms with Crippen LogP contribution in [0.15, 0.2) is 36.5 Å². The molecule has 7 heteroatoms. The number of hydrogen-bond donors (Lipinski definition) is 1. The highest BCUT2D eigenvalue weighted by Gasteiger charge is 2.21. The third-order valence-electron chi connectivity index (χ3n) is 3.81. The molecule has 1 amide bonds. The van der Waals surface area contributed by atoms with Crippen molar-refractivity contribution in [2.45, 2.75) is 20.8 Å². The molecule has 0 saturated carbocycles. The van der Waals surface area contributed by atoms with Gasteiger partial charge in [0.2, 0.25) is 0 Å². The number of hydrogen-bond acceptors (Lipinski definition) is 3. The summed E-state index contributed by atoms with van der Waals surface area (Å²) < 4.78 is 28.4. The third kappa shape index (κ3) is 3.26. The number of carbonyl (C=O) groups excluding carboxylic acids is 1. The van der Waals surface area contributed by atoms with Gasteiger partial charge in [-0.1, -0.05) is 6.07 Å². The van der Waals surface area contributed by atoms with E-state index in [2.05, 4.69) is 15.4 Å². The zero-order chi connectivity index (χ0) is 18.1. The first-order chi connectivity index (χ1) is 11.9. The van der Waals surface area contributed by atoms with Gasteiger partial charge in [0.25, 0.3) is 5.91 Å². The second kappa shape index (κ2) is 6.43. The molecule has 0 atom stereocenters. The number of benzene rings is 1. The fourth-order valence-corrected chi connectivity index (χ4v) is 2.58. The molecule has 3 rings (SSSR count). The van der Waals surface area contributed by atoms with Crippen molar-refractivity contribution < 1.29 is 13.6 Å². The normalized spacial score (nSPS) is 10.8. The van der Waals surface area contributed by atoms with E-state index in [1.165, 1.54) is 10.7 Å². The fraction of sp³-hybridized carbons (Fsp3) is 0.167. The largest absolute Gasteiger partial charge is 0.306 e. The monoisotopic (exact) mass is 342 g/mol. The Morgan fingerprint density at radius 3 is 2.52 bits per heavy atom. The predicted octanol–water partition coefficient (Wildman–Crippen LogP) is 3.72. The maximum Gasteiger partial charge on any atom is 0.260 e. The molecule has 5 nitrogen and oxygen atoms in total. The third-order valence-corrected chi connectivity index (χ3v) is 3.81. The second-order valence-corrected chi connectivity index (χ2v) is 5.73. The molecule has 0 radical (unpaired) electrons. The maximum atomic E-state index is 14.0. The Hall–Kier alpha value is -3.09. The number of carbonyl (C=O) groups is 1. The molecule has 2 heterocycles. The van der Waals surface area contributed by atoms with Gasteiger partial charge in [0.15, 0.2) is 5.82 Å². The van der Waals surface area contributed by atoms with Crippen LogP contribution in [0.25, 0.3) is 5.69 Å². The van der Waals surface area contributed by atoms with Gasteiger partial charge in [-0.05, 0) is 44.5 Å².